The maximum atomic E-state index is 13.7. The summed E-state index contributed by atoms with van der Waals surface area (Å²) in [5, 5.41) is 10.1. The van der Waals surface area contributed by atoms with Gasteiger partial charge in [0.15, 0.2) is 5.16 Å². The van der Waals surface area contributed by atoms with Gasteiger partial charge < -0.3 is 4.74 Å². The SMILES string of the molecule is CCOC(=O)CSc1nnc2n(-c3ccc(C)cc3)c(=O)c3c4c(sc3n12)CCCC4. The van der Waals surface area contributed by atoms with E-state index < -0.39 is 0 Å². The number of nitrogens with zero attached hydrogens (tertiary/aromatic N) is 4. The summed E-state index contributed by atoms with van der Waals surface area (Å²) in [6.45, 7) is 4.14. The molecule has 0 unspecified atom stereocenters. The average Bonchev–Trinajstić information content (AvgIpc) is 3.35. The Balaban J connectivity index is 1.77. The van der Waals surface area contributed by atoms with Crippen molar-refractivity contribution in [1.29, 1.82) is 0 Å². The van der Waals surface area contributed by atoms with Crippen LogP contribution in [0.5, 0.6) is 0 Å². The molecule has 31 heavy (non-hydrogen) atoms. The van der Waals surface area contributed by atoms with Gasteiger partial charge in [0, 0.05) is 4.88 Å². The molecule has 1 aliphatic carbocycles. The zero-order valence-corrected chi connectivity index (χ0v) is 19.0. The standard InChI is InChI=1S/C22H22N4O3S2/c1-3-29-17(27)12-30-22-24-23-21-25(14-10-8-13(2)9-11-14)19(28)18-15-6-4-5-7-16(15)31-20(18)26(21)22/h8-11H,3-7,12H2,1-2H3. The van der Waals surface area contributed by atoms with Crippen molar-refractivity contribution < 1.29 is 9.53 Å². The lowest BCUT2D eigenvalue weighted by atomic mass is 9.97. The number of hydrogen-bond acceptors (Lipinski definition) is 7. The van der Waals surface area contributed by atoms with Crippen LogP contribution in [-0.4, -0.2) is 37.5 Å². The van der Waals surface area contributed by atoms with Crippen LogP contribution in [-0.2, 0) is 22.4 Å². The molecule has 3 aromatic heterocycles. The van der Waals surface area contributed by atoms with Crippen molar-refractivity contribution in [2.75, 3.05) is 12.4 Å². The van der Waals surface area contributed by atoms with Crippen LogP contribution in [0.1, 0.15) is 35.8 Å². The molecule has 1 aliphatic rings. The van der Waals surface area contributed by atoms with Crippen LogP contribution in [0.15, 0.2) is 34.2 Å². The summed E-state index contributed by atoms with van der Waals surface area (Å²) in [7, 11) is 0. The van der Waals surface area contributed by atoms with E-state index in [0.29, 0.717) is 17.5 Å². The molecule has 3 heterocycles. The van der Waals surface area contributed by atoms with Gasteiger partial charge in [-0.25, -0.2) is 8.97 Å². The number of hydrogen-bond donors (Lipinski definition) is 0. The lowest BCUT2D eigenvalue weighted by Gasteiger charge is -2.12. The topological polar surface area (TPSA) is 78.5 Å². The largest absolute Gasteiger partial charge is 0.465 e. The van der Waals surface area contributed by atoms with Crippen molar-refractivity contribution >= 4 is 45.1 Å². The van der Waals surface area contributed by atoms with Crippen molar-refractivity contribution in [3.63, 3.8) is 0 Å². The molecule has 0 saturated heterocycles. The summed E-state index contributed by atoms with van der Waals surface area (Å²) < 4.78 is 8.64. The molecule has 1 aromatic carbocycles. The monoisotopic (exact) mass is 454 g/mol. The molecule has 0 atom stereocenters. The van der Waals surface area contributed by atoms with E-state index in [-0.39, 0.29) is 17.3 Å². The Morgan fingerprint density at radius 2 is 1.97 bits per heavy atom. The Morgan fingerprint density at radius 1 is 1.19 bits per heavy atom. The maximum Gasteiger partial charge on any atom is 0.316 e. The van der Waals surface area contributed by atoms with Gasteiger partial charge in [0.2, 0.25) is 5.78 Å². The van der Waals surface area contributed by atoms with Crippen LogP contribution in [0, 0.1) is 6.92 Å². The molecule has 7 nitrogen and oxygen atoms in total. The maximum absolute atomic E-state index is 13.7. The minimum Gasteiger partial charge on any atom is -0.465 e. The molecular weight excluding hydrogens is 432 g/mol. The molecule has 0 radical (unpaired) electrons. The highest BCUT2D eigenvalue weighted by Gasteiger charge is 2.25. The number of thiophene rings is 1. The Hall–Kier alpha value is -2.65. The first kappa shape index (κ1) is 20.3. The van der Waals surface area contributed by atoms with E-state index in [0.717, 1.165) is 52.7 Å². The van der Waals surface area contributed by atoms with E-state index in [1.165, 1.54) is 16.6 Å². The summed E-state index contributed by atoms with van der Waals surface area (Å²) in [4.78, 5) is 27.8. The summed E-state index contributed by atoms with van der Waals surface area (Å²) in [6, 6.07) is 7.83. The number of fused-ring (bicyclic) bond motifs is 5. The van der Waals surface area contributed by atoms with E-state index in [1.54, 1.807) is 22.8 Å². The Morgan fingerprint density at radius 3 is 2.74 bits per heavy atom. The van der Waals surface area contributed by atoms with Crippen molar-refractivity contribution in [2.24, 2.45) is 0 Å². The molecular formula is C22H22N4O3S2. The van der Waals surface area contributed by atoms with Gasteiger partial charge in [0.25, 0.3) is 5.56 Å². The summed E-state index contributed by atoms with van der Waals surface area (Å²) in [6.07, 6.45) is 4.14. The van der Waals surface area contributed by atoms with Gasteiger partial charge >= 0.3 is 5.97 Å². The second-order valence-electron chi connectivity index (χ2n) is 7.58. The highest BCUT2D eigenvalue weighted by molar-refractivity contribution is 7.99. The third-order valence-electron chi connectivity index (χ3n) is 5.51. The zero-order chi connectivity index (χ0) is 21.5. The van der Waals surface area contributed by atoms with E-state index >= 15 is 0 Å². The number of aryl methyl sites for hydroxylation is 3. The number of carbonyl (C=O) groups excluding carboxylic acids is 1. The molecule has 0 spiro atoms. The van der Waals surface area contributed by atoms with Gasteiger partial charge in [-0.2, -0.15) is 0 Å². The fourth-order valence-electron chi connectivity index (χ4n) is 4.06. The predicted octanol–water partition coefficient (Wildman–Crippen LogP) is 3.94. The van der Waals surface area contributed by atoms with E-state index in [9.17, 15) is 9.59 Å². The van der Waals surface area contributed by atoms with Crippen LogP contribution in [0.3, 0.4) is 0 Å². The van der Waals surface area contributed by atoms with Crippen molar-refractivity contribution in [2.45, 2.75) is 44.7 Å². The highest BCUT2D eigenvalue weighted by atomic mass is 32.2. The number of carbonyl (C=O) groups is 1. The van der Waals surface area contributed by atoms with Crippen molar-refractivity contribution in [3.8, 4) is 5.69 Å². The van der Waals surface area contributed by atoms with Crippen LogP contribution >= 0.6 is 23.1 Å². The number of aromatic nitrogens is 4. The van der Waals surface area contributed by atoms with Gasteiger partial charge in [-0.05, 0) is 57.2 Å². The lowest BCUT2D eigenvalue weighted by molar-refractivity contribution is -0.139. The molecule has 0 amide bonds. The fourth-order valence-corrected chi connectivity index (χ4v) is 6.23. The van der Waals surface area contributed by atoms with Gasteiger partial charge in [0.05, 0.1) is 23.4 Å². The number of rotatable bonds is 5. The molecule has 5 rings (SSSR count). The predicted molar refractivity (Wildman–Crippen MR) is 123 cm³/mol. The first-order chi connectivity index (χ1) is 15.1. The third-order valence-corrected chi connectivity index (χ3v) is 7.69. The van der Waals surface area contributed by atoms with Crippen molar-refractivity contribution in [3.05, 3.63) is 50.6 Å². The first-order valence-corrected chi connectivity index (χ1v) is 12.2. The van der Waals surface area contributed by atoms with Gasteiger partial charge in [0.1, 0.15) is 4.83 Å². The fraction of sp³-hybridized carbons (Fsp3) is 0.364. The number of benzene rings is 1. The second-order valence-corrected chi connectivity index (χ2v) is 9.60. The zero-order valence-electron chi connectivity index (χ0n) is 17.4. The lowest BCUT2D eigenvalue weighted by Crippen LogP contribution is -2.22. The number of ether oxygens (including phenoxy) is 1. The Labute approximate surface area is 187 Å². The molecule has 0 saturated carbocycles. The van der Waals surface area contributed by atoms with Gasteiger partial charge in [-0.1, -0.05) is 29.5 Å². The van der Waals surface area contributed by atoms with Gasteiger partial charge in [-0.3, -0.25) is 9.59 Å². The molecule has 4 aromatic rings. The molecule has 0 N–H and O–H groups in total. The molecule has 0 fully saturated rings. The van der Waals surface area contributed by atoms with Crippen LogP contribution in [0.4, 0.5) is 0 Å². The molecule has 0 aliphatic heterocycles. The number of esters is 1. The Kier molecular flexibility index (Phi) is 5.31. The quantitative estimate of drug-likeness (QED) is 0.336. The minimum absolute atomic E-state index is 0.0555. The van der Waals surface area contributed by atoms with Crippen LogP contribution in [0.2, 0.25) is 0 Å². The average molecular weight is 455 g/mol. The smallest absolute Gasteiger partial charge is 0.316 e. The van der Waals surface area contributed by atoms with E-state index in [1.807, 2.05) is 35.6 Å². The molecule has 160 valence electrons. The Bertz CT molecular complexity index is 1350. The second kappa shape index (κ2) is 8.12. The molecule has 9 heteroatoms. The minimum atomic E-state index is -0.294. The normalized spacial score (nSPS) is 13.6. The van der Waals surface area contributed by atoms with E-state index in [4.69, 9.17) is 4.74 Å². The third kappa shape index (κ3) is 3.45. The van der Waals surface area contributed by atoms with Crippen LogP contribution < -0.4 is 5.56 Å². The van der Waals surface area contributed by atoms with Crippen LogP contribution in [0.25, 0.3) is 21.7 Å². The summed E-state index contributed by atoms with van der Waals surface area (Å²) in [5.74, 6) is 0.314. The van der Waals surface area contributed by atoms with Crippen molar-refractivity contribution in [1.82, 2.24) is 19.2 Å². The summed E-state index contributed by atoms with van der Waals surface area (Å²) >= 11 is 2.94. The highest BCUT2D eigenvalue weighted by Crippen LogP contribution is 2.36. The molecule has 0 bridgehead atoms. The van der Waals surface area contributed by atoms with Gasteiger partial charge in [-0.15, -0.1) is 21.5 Å². The number of thioether (sulfide) groups is 1. The summed E-state index contributed by atoms with van der Waals surface area (Å²) in [5.41, 5.74) is 2.98. The van der Waals surface area contributed by atoms with E-state index in [2.05, 4.69) is 10.2 Å². The first-order valence-electron chi connectivity index (χ1n) is 10.4.